The lowest BCUT2D eigenvalue weighted by Crippen LogP contribution is -2.03. The summed E-state index contributed by atoms with van der Waals surface area (Å²) >= 11 is 5.53. The highest BCUT2D eigenvalue weighted by atomic mass is 35.5. The molecule has 0 saturated carbocycles. The number of alkyl halides is 3. The number of aromatic nitrogens is 1. The van der Waals surface area contributed by atoms with Gasteiger partial charge in [0.1, 0.15) is 5.69 Å². The van der Waals surface area contributed by atoms with Gasteiger partial charge >= 0.3 is 0 Å². The zero-order valence-corrected chi connectivity index (χ0v) is 8.18. The highest BCUT2D eigenvalue weighted by Gasteiger charge is 2.17. The largest absolute Gasteiger partial charge is 0.298 e. The number of aldehydes is 1. The van der Waals surface area contributed by atoms with Crippen LogP contribution in [0, 0.1) is 6.92 Å². The molecular formula is C9H8ClF2NO. The van der Waals surface area contributed by atoms with E-state index in [2.05, 4.69) is 4.98 Å². The van der Waals surface area contributed by atoms with Gasteiger partial charge in [0.15, 0.2) is 6.29 Å². The third-order valence-corrected chi connectivity index (χ3v) is 2.06. The Morgan fingerprint density at radius 3 is 2.71 bits per heavy atom. The minimum absolute atomic E-state index is 0.0250. The van der Waals surface area contributed by atoms with Crippen molar-refractivity contribution < 1.29 is 13.6 Å². The molecule has 5 heteroatoms. The maximum absolute atomic E-state index is 12.4. The Hall–Kier alpha value is -1.03. The van der Waals surface area contributed by atoms with Gasteiger partial charge in [0.2, 0.25) is 0 Å². The van der Waals surface area contributed by atoms with Gasteiger partial charge in [0.05, 0.1) is 0 Å². The molecule has 0 radical (unpaired) electrons. The van der Waals surface area contributed by atoms with E-state index in [0.29, 0.717) is 17.5 Å². The predicted octanol–water partition coefficient (Wildman–Crippen LogP) is 2.88. The summed E-state index contributed by atoms with van der Waals surface area (Å²) in [6, 6.07) is 1.53. The standard InChI is InChI=1S/C9H8ClF2NO/c1-5-2-6(3-10)7(4-14)8(13-5)9(11)12/h2,4,9H,3H2,1H3. The van der Waals surface area contributed by atoms with Crippen LogP contribution in [-0.2, 0) is 5.88 Å². The smallest absolute Gasteiger partial charge is 0.281 e. The number of carbonyl (C=O) groups is 1. The monoisotopic (exact) mass is 219 g/mol. The summed E-state index contributed by atoms with van der Waals surface area (Å²) in [4.78, 5) is 14.2. The van der Waals surface area contributed by atoms with Crippen molar-refractivity contribution in [3.05, 3.63) is 28.6 Å². The van der Waals surface area contributed by atoms with Crippen LogP contribution in [0.1, 0.15) is 33.7 Å². The fourth-order valence-electron chi connectivity index (χ4n) is 1.19. The first-order valence-corrected chi connectivity index (χ1v) is 4.43. The van der Waals surface area contributed by atoms with Gasteiger partial charge in [-0.25, -0.2) is 8.78 Å². The Bertz CT molecular complexity index is 355. The number of carbonyl (C=O) groups excluding carboxylic acids is 1. The van der Waals surface area contributed by atoms with E-state index >= 15 is 0 Å². The Morgan fingerprint density at radius 1 is 1.64 bits per heavy atom. The molecule has 0 bridgehead atoms. The summed E-state index contributed by atoms with van der Waals surface area (Å²) in [5.74, 6) is 0.0250. The van der Waals surface area contributed by atoms with E-state index in [0.717, 1.165) is 0 Å². The molecule has 0 saturated heterocycles. The number of hydrogen-bond donors (Lipinski definition) is 0. The Labute approximate surface area is 84.9 Å². The van der Waals surface area contributed by atoms with Gasteiger partial charge in [-0.05, 0) is 18.6 Å². The molecule has 76 valence electrons. The first-order chi connectivity index (χ1) is 6.60. The van der Waals surface area contributed by atoms with Crippen LogP contribution in [0.5, 0.6) is 0 Å². The van der Waals surface area contributed by atoms with Crippen LogP contribution < -0.4 is 0 Å². The number of nitrogens with zero attached hydrogens (tertiary/aromatic N) is 1. The molecular weight excluding hydrogens is 212 g/mol. The summed E-state index contributed by atoms with van der Waals surface area (Å²) in [5.41, 5.74) is 0.238. The Balaban J connectivity index is 3.39. The SMILES string of the molecule is Cc1cc(CCl)c(C=O)c(C(F)F)n1. The van der Waals surface area contributed by atoms with Crippen LogP contribution in [0.25, 0.3) is 0 Å². The zero-order chi connectivity index (χ0) is 10.7. The molecule has 1 aromatic rings. The van der Waals surface area contributed by atoms with Crippen LogP contribution in [0.2, 0.25) is 0 Å². The van der Waals surface area contributed by atoms with E-state index in [-0.39, 0.29) is 11.4 Å². The average molecular weight is 220 g/mol. The maximum Gasteiger partial charge on any atom is 0.281 e. The highest BCUT2D eigenvalue weighted by Crippen LogP contribution is 2.24. The summed E-state index contributed by atoms with van der Waals surface area (Å²) in [6.07, 6.45) is -2.39. The molecule has 0 aromatic carbocycles. The van der Waals surface area contributed by atoms with E-state index in [9.17, 15) is 13.6 Å². The molecule has 0 spiro atoms. The lowest BCUT2D eigenvalue weighted by Gasteiger charge is -2.08. The molecule has 2 nitrogen and oxygen atoms in total. The molecule has 0 aliphatic carbocycles. The first-order valence-electron chi connectivity index (χ1n) is 3.89. The Kier molecular flexibility index (Phi) is 3.52. The van der Waals surface area contributed by atoms with Gasteiger partial charge in [0.25, 0.3) is 6.43 Å². The van der Waals surface area contributed by atoms with Crippen LogP contribution in [0.4, 0.5) is 8.78 Å². The molecule has 1 heterocycles. The summed E-state index contributed by atoms with van der Waals surface area (Å²) in [5, 5.41) is 0. The van der Waals surface area contributed by atoms with Crippen molar-refractivity contribution in [1.82, 2.24) is 4.98 Å². The van der Waals surface area contributed by atoms with Crippen molar-refractivity contribution >= 4 is 17.9 Å². The Morgan fingerprint density at radius 2 is 2.29 bits per heavy atom. The van der Waals surface area contributed by atoms with Gasteiger partial charge in [-0.15, -0.1) is 11.6 Å². The summed E-state index contributed by atoms with van der Waals surface area (Å²) in [6.45, 7) is 1.58. The topological polar surface area (TPSA) is 30.0 Å². The lowest BCUT2D eigenvalue weighted by molar-refractivity contribution is 0.110. The molecule has 0 unspecified atom stereocenters. The number of rotatable bonds is 3. The predicted molar refractivity (Wildman–Crippen MR) is 48.9 cm³/mol. The third-order valence-electron chi connectivity index (χ3n) is 1.77. The summed E-state index contributed by atoms with van der Waals surface area (Å²) < 4.78 is 24.9. The molecule has 14 heavy (non-hydrogen) atoms. The minimum Gasteiger partial charge on any atom is -0.298 e. The second kappa shape index (κ2) is 4.46. The van der Waals surface area contributed by atoms with Crippen LogP contribution in [0.3, 0.4) is 0 Å². The zero-order valence-electron chi connectivity index (χ0n) is 7.43. The van der Waals surface area contributed by atoms with Gasteiger partial charge in [0, 0.05) is 17.1 Å². The molecule has 0 aliphatic heterocycles. The van der Waals surface area contributed by atoms with E-state index in [1.807, 2.05) is 0 Å². The van der Waals surface area contributed by atoms with Crippen molar-refractivity contribution in [2.45, 2.75) is 19.2 Å². The van der Waals surface area contributed by atoms with Gasteiger partial charge in [-0.2, -0.15) is 0 Å². The quantitative estimate of drug-likeness (QED) is 0.578. The molecule has 1 aromatic heterocycles. The molecule has 1 rings (SSSR count). The number of pyridine rings is 1. The second-order valence-corrected chi connectivity index (χ2v) is 3.04. The number of hydrogen-bond acceptors (Lipinski definition) is 2. The number of aryl methyl sites for hydroxylation is 1. The van der Waals surface area contributed by atoms with Crippen LogP contribution >= 0.6 is 11.6 Å². The molecule has 0 amide bonds. The third kappa shape index (κ3) is 2.07. The first kappa shape index (κ1) is 11.0. The van der Waals surface area contributed by atoms with Gasteiger partial charge in [-0.1, -0.05) is 0 Å². The second-order valence-electron chi connectivity index (χ2n) is 2.77. The highest BCUT2D eigenvalue weighted by molar-refractivity contribution is 6.17. The fraction of sp³-hybridized carbons (Fsp3) is 0.333. The van der Waals surface area contributed by atoms with Crippen molar-refractivity contribution in [2.75, 3.05) is 0 Å². The normalized spacial score (nSPS) is 10.6. The molecule has 0 atom stereocenters. The average Bonchev–Trinajstić information content (AvgIpc) is 2.16. The lowest BCUT2D eigenvalue weighted by atomic mass is 10.1. The van der Waals surface area contributed by atoms with Crippen molar-refractivity contribution in [2.24, 2.45) is 0 Å². The van der Waals surface area contributed by atoms with Crippen LogP contribution in [-0.4, -0.2) is 11.3 Å². The molecule has 0 aliphatic rings. The molecule has 0 fully saturated rings. The van der Waals surface area contributed by atoms with E-state index < -0.39 is 12.1 Å². The van der Waals surface area contributed by atoms with Crippen molar-refractivity contribution in [3.63, 3.8) is 0 Å². The van der Waals surface area contributed by atoms with E-state index in [1.165, 1.54) is 6.07 Å². The maximum atomic E-state index is 12.4. The summed E-state index contributed by atoms with van der Waals surface area (Å²) in [7, 11) is 0. The van der Waals surface area contributed by atoms with Crippen molar-refractivity contribution in [3.8, 4) is 0 Å². The van der Waals surface area contributed by atoms with E-state index in [4.69, 9.17) is 11.6 Å². The molecule has 0 N–H and O–H groups in total. The van der Waals surface area contributed by atoms with Gasteiger partial charge in [-0.3, -0.25) is 9.78 Å². The fourth-order valence-corrected chi connectivity index (χ4v) is 1.41. The minimum atomic E-state index is -2.75. The van der Waals surface area contributed by atoms with Crippen LogP contribution in [0.15, 0.2) is 6.07 Å². The van der Waals surface area contributed by atoms with Crippen molar-refractivity contribution in [1.29, 1.82) is 0 Å². The van der Waals surface area contributed by atoms with E-state index in [1.54, 1.807) is 6.92 Å². The van der Waals surface area contributed by atoms with Gasteiger partial charge < -0.3 is 0 Å². The number of halogens is 3.